The van der Waals surface area contributed by atoms with Gasteiger partial charge in [-0.1, -0.05) is 218 Å². The molecule has 0 saturated heterocycles. The Morgan fingerprint density at radius 2 is 0.773 bits per heavy atom. The van der Waals surface area contributed by atoms with Crippen LogP contribution in [0.2, 0.25) is 0 Å². The normalized spacial score (nSPS) is 12.9. The summed E-state index contributed by atoms with van der Waals surface area (Å²) in [5.41, 5.74) is 24.2. The molecule has 2 aromatic heterocycles. The number of para-hydroxylation sites is 3. The van der Waals surface area contributed by atoms with E-state index < -0.39 is 5.41 Å². The van der Waals surface area contributed by atoms with Gasteiger partial charge in [-0.2, -0.15) is 0 Å². The second-order valence-corrected chi connectivity index (χ2v) is 19.8. The van der Waals surface area contributed by atoms with E-state index in [1.165, 1.54) is 88.6 Å². The molecule has 0 unspecified atom stereocenters. The van der Waals surface area contributed by atoms with Gasteiger partial charge < -0.3 is 4.57 Å². The Balaban J connectivity index is 0.865. The fourth-order valence-corrected chi connectivity index (χ4v) is 12.5. The molecule has 75 heavy (non-hydrogen) atoms. The Kier molecular flexibility index (Phi) is 9.79. The molecular weight excluding hydrogens is 907 g/mol. The summed E-state index contributed by atoms with van der Waals surface area (Å²) in [5.74, 6) is 0.877. The topological polar surface area (TPSA) is 21.1 Å². The van der Waals surface area contributed by atoms with Crippen molar-refractivity contribution in [2.24, 2.45) is 0 Å². The molecule has 1 aliphatic carbocycles. The summed E-state index contributed by atoms with van der Waals surface area (Å²) in [5, 5.41) is 2.48. The highest BCUT2D eigenvalue weighted by atomic mass is 15.2. The SMILES string of the molecule is c1ccc(-c2ccc(-n3c4ccccc4c4cc(-c5cccc(-c6ccc7c(c6)C6(c8ccccc8-7)c7ccccc7N(c7cc(-c8ccccc8)cc(-c8ccccc8)n7)c7ccccc76)c5)ccc43)cc2)cc1. The van der Waals surface area contributed by atoms with Crippen molar-refractivity contribution in [2.75, 3.05) is 4.90 Å². The first kappa shape index (κ1) is 42.8. The first-order valence-electron chi connectivity index (χ1n) is 25.9. The number of benzene rings is 11. The Labute approximate surface area is 436 Å². The highest BCUT2D eigenvalue weighted by Gasteiger charge is 2.52. The number of pyridine rings is 1. The van der Waals surface area contributed by atoms with Crippen LogP contribution in [0.4, 0.5) is 17.2 Å². The summed E-state index contributed by atoms with van der Waals surface area (Å²) in [6.07, 6.45) is 0. The molecule has 3 heterocycles. The lowest BCUT2D eigenvalue weighted by Gasteiger charge is -2.44. The van der Waals surface area contributed by atoms with E-state index in [9.17, 15) is 0 Å². The molecule has 0 saturated carbocycles. The molecule has 15 rings (SSSR count). The largest absolute Gasteiger partial charge is 0.309 e. The zero-order valence-corrected chi connectivity index (χ0v) is 41.0. The lowest BCUT2D eigenvalue weighted by atomic mass is 9.64. The fraction of sp³-hybridized carbons (Fsp3) is 0.0139. The van der Waals surface area contributed by atoms with Gasteiger partial charge in [0.25, 0.3) is 0 Å². The molecule has 0 bridgehead atoms. The number of nitrogens with zero attached hydrogens (tertiary/aromatic N) is 3. The van der Waals surface area contributed by atoms with E-state index in [2.05, 4.69) is 295 Å². The third kappa shape index (κ3) is 6.72. The summed E-state index contributed by atoms with van der Waals surface area (Å²) in [7, 11) is 0. The summed E-state index contributed by atoms with van der Waals surface area (Å²) in [6.45, 7) is 0. The van der Waals surface area contributed by atoms with E-state index in [-0.39, 0.29) is 0 Å². The molecular formula is C72H47N3. The number of aromatic nitrogens is 2. The Bertz CT molecular complexity index is 4240. The average molecular weight is 954 g/mol. The molecule has 11 aromatic carbocycles. The second kappa shape index (κ2) is 17.2. The van der Waals surface area contributed by atoms with Crippen LogP contribution in [0.3, 0.4) is 0 Å². The van der Waals surface area contributed by atoms with Gasteiger partial charge in [0.1, 0.15) is 5.82 Å². The minimum atomic E-state index is -0.607. The van der Waals surface area contributed by atoms with Crippen LogP contribution in [0, 0.1) is 0 Å². The van der Waals surface area contributed by atoms with Crippen molar-refractivity contribution in [1.29, 1.82) is 0 Å². The third-order valence-corrected chi connectivity index (χ3v) is 15.8. The van der Waals surface area contributed by atoms with Gasteiger partial charge in [0.2, 0.25) is 0 Å². The van der Waals surface area contributed by atoms with Crippen LogP contribution in [0.25, 0.3) is 94.4 Å². The van der Waals surface area contributed by atoms with Crippen LogP contribution in [0.5, 0.6) is 0 Å². The number of rotatable bonds is 7. The highest BCUT2D eigenvalue weighted by molar-refractivity contribution is 6.10. The smallest absolute Gasteiger partial charge is 0.138 e. The molecule has 0 amide bonds. The first-order chi connectivity index (χ1) is 37.2. The Morgan fingerprint density at radius 1 is 0.280 bits per heavy atom. The number of hydrogen-bond donors (Lipinski definition) is 0. The van der Waals surface area contributed by atoms with Crippen molar-refractivity contribution in [1.82, 2.24) is 9.55 Å². The molecule has 1 aliphatic heterocycles. The standard InChI is InChI=1S/C72H47N3/c1-4-19-48(20-5-1)50-35-39-57(40-36-50)74-67-32-15-11-28-60(67)61-44-54(38-42-68(61)74)52-25-18-26-53(43-52)55-37-41-59-58-27-10-12-29-62(58)72(65(59)45-55)63-30-13-16-33-69(63)75(70-34-17-14-31-64(70)72)71-47-56(49-21-6-2-7-22-49)46-66(73-71)51-23-8-3-9-24-51/h1-47H. The minimum absolute atomic E-state index is 0.607. The molecule has 13 aromatic rings. The molecule has 1 spiro atoms. The summed E-state index contributed by atoms with van der Waals surface area (Å²) < 4.78 is 2.40. The fourth-order valence-electron chi connectivity index (χ4n) is 12.5. The maximum atomic E-state index is 5.52. The predicted octanol–water partition coefficient (Wildman–Crippen LogP) is 18.7. The molecule has 3 heteroatoms. The van der Waals surface area contributed by atoms with Crippen molar-refractivity contribution >= 4 is 39.0 Å². The van der Waals surface area contributed by atoms with Crippen molar-refractivity contribution in [3.05, 3.63) is 307 Å². The molecule has 350 valence electrons. The van der Waals surface area contributed by atoms with E-state index in [1.54, 1.807) is 0 Å². The lowest BCUT2D eigenvalue weighted by Crippen LogP contribution is -2.36. The van der Waals surface area contributed by atoms with Crippen LogP contribution in [0.15, 0.2) is 285 Å². The van der Waals surface area contributed by atoms with E-state index in [1.807, 2.05) is 0 Å². The maximum absolute atomic E-state index is 5.52. The summed E-state index contributed by atoms with van der Waals surface area (Å²) in [6, 6.07) is 104. The van der Waals surface area contributed by atoms with Crippen molar-refractivity contribution in [2.45, 2.75) is 5.41 Å². The van der Waals surface area contributed by atoms with Gasteiger partial charge in [0.05, 0.1) is 33.5 Å². The Morgan fingerprint density at radius 3 is 1.48 bits per heavy atom. The molecule has 3 nitrogen and oxygen atoms in total. The summed E-state index contributed by atoms with van der Waals surface area (Å²) >= 11 is 0. The zero-order chi connectivity index (χ0) is 49.5. The van der Waals surface area contributed by atoms with E-state index in [0.717, 1.165) is 45.3 Å². The Hall–Kier alpha value is -9.83. The molecule has 0 N–H and O–H groups in total. The van der Waals surface area contributed by atoms with E-state index in [4.69, 9.17) is 4.98 Å². The van der Waals surface area contributed by atoms with Gasteiger partial charge in [-0.15, -0.1) is 0 Å². The maximum Gasteiger partial charge on any atom is 0.138 e. The first-order valence-corrected chi connectivity index (χ1v) is 25.9. The number of fused-ring (bicyclic) bond motifs is 12. The van der Waals surface area contributed by atoms with Gasteiger partial charge in [-0.3, -0.25) is 4.90 Å². The van der Waals surface area contributed by atoms with Gasteiger partial charge in [-0.05, 0) is 145 Å². The second-order valence-electron chi connectivity index (χ2n) is 19.8. The van der Waals surface area contributed by atoms with E-state index >= 15 is 0 Å². The van der Waals surface area contributed by atoms with Crippen LogP contribution in [-0.4, -0.2) is 9.55 Å². The van der Waals surface area contributed by atoms with Gasteiger partial charge >= 0.3 is 0 Å². The van der Waals surface area contributed by atoms with Crippen LogP contribution in [-0.2, 0) is 5.41 Å². The monoisotopic (exact) mass is 953 g/mol. The lowest BCUT2D eigenvalue weighted by molar-refractivity contribution is 0.751. The van der Waals surface area contributed by atoms with E-state index in [0.29, 0.717) is 0 Å². The van der Waals surface area contributed by atoms with Crippen LogP contribution < -0.4 is 4.90 Å². The van der Waals surface area contributed by atoms with Crippen molar-refractivity contribution < 1.29 is 0 Å². The highest BCUT2D eigenvalue weighted by Crippen LogP contribution is 2.63. The minimum Gasteiger partial charge on any atom is -0.309 e. The molecule has 0 atom stereocenters. The third-order valence-electron chi connectivity index (χ3n) is 15.8. The predicted molar refractivity (Wildman–Crippen MR) is 311 cm³/mol. The van der Waals surface area contributed by atoms with Gasteiger partial charge in [-0.25, -0.2) is 4.98 Å². The average Bonchev–Trinajstić information content (AvgIpc) is 3.99. The summed E-state index contributed by atoms with van der Waals surface area (Å²) in [4.78, 5) is 7.93. The van der Waals surface area contributed by atoms with Crippen molar-refractivity contribution in [3.8, 4) is 72.6 Å². The zero-order valence-electron chi connectivity index (χ0n) is 41.0. The van der Waals surface area contributed by atoms with Gasteiger partial charge in [0, 0.05) is 22.0 Å². The molecule has 2 aliphatic rings. The molecule has 0 radical (unpaired) electrons. The van der Waals surface area contributed by atoms with Crippen molar-refractivity contribution in [3.63, 3.8) is 0 Å². The van der Waals surface area contributed by atoms with Gasteiger partial charge in [0.15, 0.2) is 0 Å². The van der Waals surface area contributed by atoms with Crippen LogP contribution >= 0.6 is 0 Å². The quantitative estimate of drug-likeness (QED) is 0.159. The number of anilines is 3. The molecule has 0 fully saturated rings. The van der Waals surface area contributed by atoms with Crippen LogP contribution in [0.1, 0.15) is 22.3 Å². The number of hydrogen-bond acceptors (Lipinski definition) is 2.